The third-order valence-electron chi connectivity index (χ3n) is 3.92. The maximum atomic E-state index is 15.0. The van der Waals surface area contributed by atoms with Crippen molar-refractivity contribution >= 4 is 38.8 Å². The van der Waals surface area contributed by atoms with Crippen LogP contribution in [0.3, 0.4) is 0 Å². The number of rotatable bonds is 7. The van der Waals surface area contributed by atoms with Gasteiger partial charge in [0.25, 0.3) is 5.91 Å². The lowest BCUT2D eigenvalue weighted by molar-refractivity contribution is -0.0618. The van der Waals surface area contributed by atoms with Gasteiger partial charge in [-0.25, -0.2) is 19.2 Å². The Morgan fingerprint density at radius 1 is 1.29 bits per heavy atom. The normalized spacial score (nSPS) is 11.2. The van der Waals surface area contributed by atoms with Crippen molar-refractivity contribution in [2.45, 2.75) is 13.0 Å². The van der Waals surface area contributed by atoms with E-state index in [4.69, 9.17) is 15.1 Å². The van der Waals surface area contributed by atoms with E-state index in [0.717, 1.165) is 11.3 Å². The van der Waals surface area contributed by atoms with Gasteiger partial charge in [0.2, 0.25) is 0 Å². The molecule has 0 atom stereocenters. The molecule has 1 amide bonds. The zero-order valence-corrected chi connectivity index (χ0v) is 15.5. The quantitative estimate of drug-likeness (QED) is 0.448. The van der Waals surface area contributed by atoms with Gasteiger partial charge in [0, 0.05) is 0 Å². The van der Waals surface area contributed by atoms with Crippen molar-refractivity contribution in [3.05, 3.63) is 52.5 Å². The molecule has 0 unspecified atom stereocenters. The highest BCUT2D eigenvalue weighted by atomic mass is 32.1. The van der Waals surface area contributed by atoms with Gasteiger partial charge in [-0.15, -0.1) is 11.3 Å². The molecule has 10 heteroatoms. The molecule has 0 saturated heterocycles. The Morgan fingerprint density at radius 2 is 2.04 bits per heavy atom. The van der Waals surface area contributed by atoms with Gasteiger partial charge in [-0.05, 0) is 30.7 Å². The van der Waals surface area contributed by atoms with Gasteiger partial charge in [-0.3, -0.25) is 9.63 Å². The van der Waals surface area contributed by atoms with Gasteiger partial charge in [-0.2, -0.15) is 0 Å². The lowest BCUT2D eigenvalue weighted by atomic mass is 10.1. The number of amides is 1. The fraction of sp³-hybridized carbons (Fsp3) is 0.222. The first-order valence-electron chi connectivity index (χ1n) is 8.21. The summed E-state index contributed by atoms with van der Waals surface area (Å²) in [4.78, 5) is 21.4. The largest absolute Gasteiger partial charge is 0.393 e. The summed E-state index contributed by atoms with van der Waals surface area (Å²) in [5.41, 5.74) is 3.78. The van der Waals surface area contributed by atoms with E-state index in [2.05, 4.69) is 15.8 Å². The van der Waals surface area contributed by atoms with Crippen molar-refractivity contribution in [2.75, 3.05) is 18.5 Å². The highest BCUT2D eigenvalue weighted by Crippen LogP contribution is 2.33. The lowest BCUT2D eigenvalue weighted by Crippen LogP contribution is -2.34. The summed E-state index contributed by atoms with van der Waals surface area (Å²) in [6.45, 7) is 0.654. The van der Waals surface area contributed by atoms with Gasteiger partial charge in [-0.1, -0.05) is 6.07 Å². The summed E-state index contributed by atoms with van der Waals surface area (Å²) in [5, 5.41) is 20.6. The lowest BCUT2D eigenvalue weighted by Gasteiger charge is -2.16. The second-order valence-electron chi connectivity index (χ2n) is 5.96. The van der Waals surface area contributed by atoms with Crippen LogP contribution >= 0.6 is 11.3 Å². The third kappa shape index (κ3) is 4.09. The van der Waals surface area contributed by atoms with Gasteiger partial charge in [0.1, 0.15) is 17.4 Å². The highest BCUT2D eigenvalue weighted by Gasteiger charge is 2.22. The Labute approximate surface area is 162 Å². The predicted molar refractivity (Wildman–Crippen MR) is 101 cm³/mol. The topological polar surface area (TPSA) is 104 Å². The molecule has 1 aromatic heterocycles. The van der Waals surface area contributed by atoms with Crippen LogP contribution in [0.15, 0.2) is 29.8 Å². The van der Waals surface area contributed by atoms with Gasteiger partial charge in [0.15, 0.2) is 5.82 Å². The average Bonchev–Trinajstić information content (AvgIpc) is 3.15. The maximum Gasteiger partial charge on any atom is 0.277 e. The second-order valence-corrected chi connectivity index (χ2v) is 6.84. The monoisotopic (exact) mass is 409 g/mol. The Balaban J connectivity index is 2.00. The minimum Gasteiger partial charge on any atom is -0.393 e. The van der Waals surface area contributed by atoms with Crippen LogP contribution in [0, 0.1) is 18.6 Å². The molecule has 7 nitrogen and oxygen atoms in total. The summed E-state index contributed by atoms with van der Waals surface area (Å²) in [5.74, 6) is -2.26. The molecule has 0 spiro atoms. The number of aliphatic hydroxyl groups excluding tert-OH is 2. The minimum atomic E-state index is -1.04. The Morgan fingerprint density at radius 3 is 2.71 bits per heavy atom. The van der Waals surface area contributed by atoms with Crippen molar-refractivity contribution in [3.63, 3.8) is 0 Å². The Kier molecular flexibility index (Phi) is 6.15. The minimum absolute atomic E-state index is 0.0161. The predicted octanol–water partition coefficient (Wildman–Crippen LogP) is 2.64. The number of nitrogens with one attached hydrogen (secondary N) is 2. The maximum absolute atomic E-state index is 15.0. The van der Waals surface area contributed by atoms with Crippen molar-refractivity contribution in [3.8, 4) is 0 Å². The molecule has 0 aliphatic rings. The highest BCUT2D eigenvalue weighted by molar-refractivity contribution is 7.16. The van der Waals surface area contributed by atoms with Crippen LogP contribution in [0.1, 0.15) is 15.9 Å². The number of benzene rings is 2. The first-order chi connectivity index (χ1) is 13.4. The van der Waals surface area contributed by atoms with Crippen LogP contribution in [0.25, 0.3) is 10.2 Å². The van der Waals surface area contributed by atoms with E-state index in [0.29, 0.717) is 10.3 Å². The van der Waals surface area contributed by atoms with Crippen LogP contribution in [0.5, 0.6) is 0 Å². The van der Waals surface area contributed by atoms with E-state index in [-0.39, 0.29) is 22.5 Å². The Hall–Kier alpha value is -2.66. The molecule has 0 radical (unpaired) electrons. The van der Waals surface area contributed by atoms with E-state index >= 15 is 4.39 Å². The third-order valence-corrected chi connectivity index (χ3v) is 4.70. The van der Waals surface area contributed by atoms with E-state index in [1.165, 1.54) is 23.7 Å². The first kappa shape index (κ1) is 20.1. The van der Waals surface area contributed by atoms with Gasteiger partial charge in [0.05, 0.1) is 40.4 Å². The second kappa shape index (κ2) is 8.57. The number of aliphatic hydroxyl groups is 2. The molecule has 3 rings (SSSR count). The molecular weight excluding hydrogens is 392 g/mol. The molecule has 0 aliphatic heterocycles. The van der Waals surface area contributed by atoms with E-state index in [1.54, 1.807) is 13.0 Å². The number of halogens is 2. The van der Waals surface area contributed by atoms with Crippen molar-refractivity contribution in [1.29, 1.82) is 0 Å². The summed E-state index contributed by atoms with van der Waals surface area (Å²) in [6, 6.07) is 5.75. The fourth-order valence-electron chi connectivity index (χ4n) is 2.44. The van der Waals surface area contributed by atoms with E-state index < -0.39 is 36.9 Å². The molecule has 0 saturated carbocycles. The summed E-state index contributed by atoms with van der Waals surface area (Å²) in [6.07, 6.45) is -1.04. The zero-order valence-electron chi connectivity index (χ0n) is 14.7. The number of fused-ring (bicyclic) bond motifs is 1. The molecular formula is C18H17F2N3O4S. The van der Waals surface area contributed by atoms with Gasteiger partial charge < -0.3 is 15.5 Å². The van der Waals surface area contributed by atoms with E-state index in [1.807, 2.05) is 0 Å². The molecule has 0 bridgehead atoms. The number of carbonyl (C=O) groups excluding carboxylic acids is 1. The standard InChI is InChI=1S/C18H17F2N3O4S/c1-9-2-3-13(12(19)4-9)22-16-11(18(26)23-27-10(6-24)7-25)5-14-17(15(16)20)21-8-28-14/h2-5,8,10,22,24-25H,6-7H2,1H3,(H,23,26). The number of thiazole rings is 1. The smallest absolute Gasteiger partial charge is 0.277 e. The molecule has 28 heavy (non-hydrogen) atoms. The molecule has 3 aromatic rings. The summed E-state index contributed by atoms with van der Waals surface area (Å²) < 4.78 is 29.6. The van der Waals surface area contributed by atoms with Crippen LogP contribution < -0.4 is 10.8 Å². The number of aryl methyl sites for hydroxylation is 1. The molecule has 148 valence electrons. The number of carbonyl (C=O) groups is 1. The fourth-order valence-corrected chi connectivity index (χ4v) is 3.16. The van der Waals surface area contributed by atoms with Crippen LogP contribution in [-0.4, -0.2) is 40.4 Å². The van der Waals surface area contributed by atoms with Crippen LogP contribution in [0.4, 0.5) is 20.2 Å². The summed E-state index contributed by atoms with van der Waals surface area (Å²) >= 11 is 1.13. The number of anilines is 2. The number of hydrogen-bond acceptors (Lipinski definition) is 7. The summed E-state index contributed by atoms with van der Waals surface area (Å²) in [7, 11) is 0. The molecule has 2 aromatic carbocycles. The zero-order chi connectivity index (χ0) is 20.3. The molecule has 0 fully saturated rings. The molecule has 4 N–H and O–H groups in total. The number of aromatic nitrogens is 1. The number of nitrogens with zero attached hydrogens (tertiary/aromatic N) is 1. The number of hydroxylamine groups is 1. The van der Waals surface area contributed by atoms with Crippen molar-refractivity contribution in [2.24, 2.45) is 0 Å². The van der Waals surface area contributed by atoms with Crippen LogP contribution in [0.2, 0.25) is 0 Å². The molecule has 0 aliphatic carbocycles. The number of hydrogen-bond donors (Lipinski definition) is 4. The Bertz CT molecular complexity index is 1010. The molecule has 1 heterocycles. The van der Waals surface area contributed by atoms with E-state index in [9.17, 15) is 9.18 Å². The van der Waals surface area contributed by atoms with Gasteiger partial charge >= 0.3 is 0 Å². The first-order valence-corrected chi connectivity index (χ1v) is 9.09. The van der Waals surface area contributed by atoms with Crippen LogP contribution in [-0.2, 0) is 4.84 Å². The van der Waals surface area contributed by atoms with Crippen molar-refractivity contribution < 1.29 is 28.6 Å². The average molecular weight is 409 g/mol. The SMILES string of the molecule is Cc1ccc(Nc2c(C(=O)NOC(CO)CO)cc3scnc3c2F)c(F)c1. The van der Waals surface area contributed by atoms with Crippen molar-refractivity contribution in [1.82, 2.24) is 10.5 Å².